The number of anilines is 1. The molecule has 3 heteroatoms. The molecule has 0 aromatic heterocycles. The van der Waals surface area contributed by atoms with Crippen LogP contribution in [-0.4, -0.2) is 23.9 Å². The Bertz CT molecular complexity index is 496. The van der Waals surface area contributed by atoms with Crippen LogP contribution in [0.25, 0.3) is 0 Å². The van der Waals surface area contributed by atoms with E-state index >= 15 is 0 Å². The Morgan fingerprint density at radius 3 is 2.57 bits per heavy atom. The molecule has 1 aromatic rings. The first-order valence-electron chi connectivity index (χ1n) is 7.95. The summed E-state index contributed by atoms with van der Waals surface area (Å²) in [5.41, 5.74) is 8.59. The van der Waals surface area contributed by atoms with Gasteiger partial charge in [-0.1, -0.05) is 32.9 Å². The minimum atomic E-state index is 0.0974. The molecule has 1 fully saturated rings. The van der Waals surface area contributed by atoms with Crippen molar-refractivity contribution in [3.05, 3.63) is 29.3 Å². The molecule has 3 nitrogen and oxygen atoms in total. The van der Waals surface area contributed by atoms with Gasteiger partial charge in [-0.05, 0) is 49.1 Å². The molecule has 0 radical (unpaired) electrons. The minimum absolute atomic E-state index is 0.0974. The van der Waals surface area contributed by atoms with Crippen molar-refractivity contribution in [2.24, 2.45) is 11.3 Å². The van der Waals surface area contributed by atoms with Gasteiger partial charge in [0.1, 0.15) is 0 Å². The Morgan fingerprint density at radius 2 is 1.95 bits per heavy atom. The van der Waals surface area contributed by atoms with Crippen molar-refractivity contribution in [2.75, 3.05) is 18.8 Å². The number of nitrogen functional groups attached to an aromatic ring is 1. The molecule has 1 unspecified atom stereocenters. The van der Waals surface area contributed by atoms with Gasteiger partial charge in [-0.2, -0.15) is 0 Å². The molecule has 0 saturated carbocycles. The van der Waals surface area contributed by atoms with E-state index in [0.29, 0.717) is 22.6 Å². The first-order valence-corrected chi connectivity index (χ1v) is 7.95. The van der Waals surface area contributed by atoms with Crippen LogP contribution in [0.1, 0.15) is 56.0 Å². The summed E-state index contributed by atoms with van der Waals surface area (Å²) in [5, 5.41) is 0. The number of nitrogens with zero attached hydrogens (tertiary/aromatic N) is 1. The number of carbonyl (C=O) groups excluding carboxylic acids is 1. The Kier molecular flexibility index (Phi) is 4.60. The van der Waals surface area contributed by atoms with Gasteiger partial charge in [0.15, 0.2) is 0 Å². The van der Waals surface area contributed by atoms with E-state index in [1.165, 1.54) is 6.42 Å². The number of hydrogen-bond donors (Lipinski definition) is 1. The molecular weight excluding hydrogens is 260 g/mol. The van der Waals surface area contributed by atoms with Gasteiger partial charge in [-0.15, -0.1) is 0 Å². The number of rotatable bonds is 1. The number of amides is 1. The summed E-state index contributed by atoms with van der Waals surface area (Å²) >= 11 is 0. The van der Waals surface area contributed by atoms with Crippen molar-refractivity contribution >= 4 is 11.6 Å². The second-order valence-corrected chi connectivity index (χ2v) is 7.33. The monoisotopic (exact) mass is 288 g/mol. The molecular formula is C18H28N2O. The summed E-state index contributed by atoms with van der Waals surface area (Å²) < 4.78 is 0. The summed E-state index contributed by atoms with van der Waals surface area (Å²) in [6.07, 6.45) is 3.37. The predicted octanol–water partition coefficient (Wildman–Crippen LogP) is 3.87. The van der Waals surface area contributed by atoms with Crippen LogP contribution in [0, 0.1) is 18.3 Å². The molecule has 2 rings (SSSR count). The molecule has 0 bridgehead atoms. The maximum Gasteiger partial charge on any atom is 0.256 e. The van der Waals surface area contributed by atoms with Gasteiger partial charge >= 0.3 is 0 Å². The fraction of sp³-hybridized carbons (Fsp3) is 0.611. The van der Waals surface area contributed by atoms with Crippen molar-refractivity contribution in [3.63, 3.8) is 0 Å². The standard InChI is InChI=1S/C18H28N2O/c1-13-7-5-9-15(19)16(13)17(21)20-11-6-8-14(10-12-20)18(2,3)4/h5,7,9,14H,6,8,10-12,19H2,1-4H3. The summed E-state index contributed by atoms with van der Waals surface area (Å²) in [5.74, 6) is 0.782. The Balaban J connectivity index is 2.14. The van der Waals surface area contributed by atoms with Crippen LogP contribution < -0.4 is 5.73 Å². The third kappa shape index (κ3) is 3.58. The van der Waals surface area contributed by atoms with Crippen molar-refractivity contribution in [3.8, 4) is 0 Å². The number of benzene rings is 1. The average Bonchev–Trinajstić information content (AvgIpc) is 2.63. The minimum Gasteiger partial charge on any atom is -0.398 e. The van der Waals surface area contributed by atoms with E-state index in [0.717, 1.165) is 31.5 Å². The van der Waals surface area contributed by atoms with E-state index in [1.54, 1.807) is 0 Å². The lowest BCUT2D eigenvalue weighted by Gasteiger charge is -2.29. The molecule has 116 valence electrons. The van der Waals surface area contributed by atoms with E-state index in [1.807, 2.05) is 30.0 Å². The van der Waals surface area contributed by atoms with Gasteiger partial charge in [0.05, 0.1) is 5.56 Å². The van der Waals surface area contributed by atoms with Crippen LogP contribution in [-0.2, 0) is 0 Å². The summed E-state index contributed by atoms with van der Waals surface area (Å²) in [7, 11) is 0. The number of carbonyl (C=O) groups is 1. The first kappa shape index (κ1) is 15.9. The normalized spacial score (nSPS) is 20.2. The van der Waals surface area contributed by atoms with Crippen LogP contribution in [0.2, 0.25) is 0 Å². The lowest BCUT2D eigenvalue weighted by atomic mass is 9.77. The number of aryl methyl sites for hydroxylation is 1. The molecule has 1 aliphatic rings. The number of nitrogens with two attached hydrogens (primary N) is 1. The quantitative estimate of drug-likeness (QED) is 0.797. The lowest BCUT2D eigenvalue weighted by molar-refractivity contribution is 0.0756. The van der Waals surface area contributed by atoms with E-state index in [-0.39, 0.29) is 5.91 Å². The van der Waals surface area contributed by atoms with E-state index in [4.69, 9.17) is 5.73 Å². The molecule has 1 saturated heterocycles. The third-order valence-electron chi connectivity index (χ3n) is 4.76. The molecule has 21 heavy (non-hydrogen) atoms. The fourth-order valence-corrected chi connectivity index (χ4v) is 3.31. The average molecular weight is 288 g/mol. The fourth-order valence-electron chi connectivity index (χ4n) is 3.31. The van der Waals surface area contributed by atoms with Gasteiger partial charge in [0.2, 0.25) is 0 Å². The van der Waals surface area contributed by atoms with Gasteiger partial charge in [-0.25, -0.2) is 0 Å². The van der Waals surface area contributed by atoms with Crippen LogP contribution in [0.3, 0.4) is 0 Å². The SMILES string of the molecule is Cc1cccc(N)c1C(=O)N1CCCC(C(C)(C)C)CC1. The Labute approximate surface area is 128 Å². The highest BCUT2D eigenvalue weighted by molar-refractivity contribution is 6.00. The van der Waals surface area contributed by atoms with Crippen LogP contribution in [0.4, 0.5) is 5.69 Å². The second kappa shape index (κ2) is 6.08. The predicted molar refractivity (Wildman–Crippen MR) is 88.3 cm³/mol. The van der Waals surface area contributed by atoms with Gasteiger partial charge in [0, 0.05) is 18.8 Å². The van der Waals surface area contributed by atoms with E-state index < -0.39 is 0 Å². The number of hydrogen-bond acceptors (Lipinski definition) is 2. The largest absolute Gasteiger partial charge is 0.398 e. The maximum absolute atomic E-state index is 12.8. The second-order valence-electron chi connectivity index (χ2n) is 7.33. The molecule has 1 heterocycles. The molecule has 1 atom stereocenters. The zero-order valence-corrected chi connectivity index (χ0v) is 13.8. The van der Waals surface area contributed by atoms with Crippen molar-refractivity contribution in [2.45, 2.75) is 47.0 Å². The molecule has 0 spiro atoms. The molecule has 2 N–H and O–H groups in total. The molecule has 1 amide bonds. The first-order chi connectivity index (χ1) is 9.80. The Morgan fingerprint density at radius 1 is 1.24 bits per heavy atom. The number of likely N-dealkylation sites (tertiary alicyclic amines) is 1. The van der Waals surface area contributed by atoms with Gasteiger partial charge < -0.3 is 10.6 Å². The Hall–Kier alpha value is -1.51. The van der Waals surface area contributed by atoms with E-state index in [2.05, 4.69) is 20.8 Å². The topological polar surface area (TPSA) is 46.3 Å². The third-order valence-corrected chi connectivity index (χ3v) is 4.76. The summed E-state index contributed by atoms with van der Waals surface area (Å²) in [4.78, 5) is 14.8. The van der Waals surface area contributed by atoms with Gasteiger partial charge in [0.25, 0.3) is 5.91 Å². The van der Waals surface area contributed by atoms with Crippen LogP contribution >= 0.6 is 0 Å². The molecule has 1 aromatic carbocycles. The highest BCUT2D eigenvalue weighted by Gasteiger charge is 2.29. The highest BCUT2D eigenvalue weighted by Crippen LogP contribution is 2.34. The smallest absolute Gasteiger partial charge is 0.256 e. The lowest BCUT2D eigenvalue weighted by Crippen LogP contribution is -2.33. The van der Waals surface area contributed by atoms with Crippen molar-refractivity contribution in [1.82, 2.24) is 4.90 Å². The zero-order valence-electron chi connectivity index (χ0n) is 13.8. The van der Waals surface area contributed by atoms with Gasteiger partial charge in [-0.3, -0.25) is 4.79 Å². The van der Waals surface area contributed by atoms with Crippen molar-refractivity contribution < 1.29 is 4.79 Å². The maximum atomic E-state index is 12.8. The van der Waals surface area contributed by atoms with Crippen molar-refractivity contribution in [1.29, 1.82) is 0 Å². The zero-order chi connectivity index (χ0) is 15.6. The summed E-state index contributed by atoms with van der Waals surface area (Å²) in [6, 6.07) is 5.68. The van der Waals surface area contributed by atoms with E-state index in [9.17, 15) is 4.79 Å². The molecule has 1 aliphatic heterocycles. The van der Waals surface area contributed by atoms with Crippen LogP contribution in [0.5, 0.6) is 0 Å². The molecule has 0 aliphatic carbocycles. The highest BCUT2D eigenvalue weighted by atomic mass is 16.2. The van der Waals surface area contributed by atoms with Crippen LogP contribution in [0.15, 0.2) is 18.2 Å². The summed E-state index contributed by atoms with van der Waals surface area (Å²) in [6.45, 7) is 10.5.